The van der Waals surface area contributed by atoms with Gasteiger partial charge >= 0.3 is 12.3 Å². The molecule has 1 unspecified atom stereocenters. The highest BCUT2D eigenvalue weighted by molar-refractivity contribution is 6.10. The van der Waals surface area contributed by atoms with Gasteiger partial charge in [0.2, 0.25) is 0 Å². The van der Waals surface area contributed by atoms with Crippen LogP contribution in [-0.4, -0.2) is 70.6 Å². The molecule has 0 radical (unpaired) electrons. The third kappa shape index (κ3) is 6.15. The third-order valence-electron chi connectivity index (χ3n) is 16.8. The second-order valence-corrected chi connectivity index (χ2v) is 20.0. The highest BCUT2D eigenvalue weighted by Gasteiger charge is 2.74. The summed E-state index contributed by atoms with van der Waals surface area (Å²) in [5.41, 5.74) is -4.17. The van der Waals surface area contributed by atoms with Gasteiger partial charge in [-0.25, -0.2) is 4.79 Å². The van der Waals surface area contributed by atoms with E-state index in [1.807, 2.05) is 6.08 Å². The molecule has 308 valence electrons. The van der Waals surface area contributed by atoms with Gasteiger partial charge in [-0.05, 0) is 118 Å². The highest BCUT2D eigenvalue weighted by Crippen LogP contribution is 2.78. The van der Waals surface area contributed by atoms with Gasteiger partial charge in [-0.1, -0.05) is 71.4 Å². The fourth-order valence-electron chi connectivity index (χ4n) is 13.6. The standard InChI is InChI=1S/C46H62F3NO6/c1-28(2)34-12-11-29(3)22-36(34)56-40(53)50(26-33-10-7-21-55-33)27-44(54)18-15-38-42(44,5)17-14-37-41(4)16-13-32(51)24-43(41)19-20-45(37,38)35(25-43)39(52)30-8-6-9-31(23-30)46(47,48)49/h6,8-9,19-20,23,25,28-29,32-34,36-38,51,54H,7,10-18,21-22,24,26-27H2,1-5H3/t29-,32?,33+,34+,36-,37+,38+,41+,42-,43-,44+,45+/m0/s1. The second-order valence-electron chi connectivity index (χ2n) is 20.0. The minimum absolute atomic E-state index is 0.00244. The number of Topliss-reactive ketones (excluding diaryl/α,β-unsaturated/α-hetero) is 1. The number of amides is 1. The number of aliphatic hydroxyl groups excluding tert-OH is 1. The van der Waals surface area contributed by atoms with Crippen molar-refractivity contribution in [2.75, 3.05) is 19.7 Å². The first kappa shape index (κ1) is 40.1. The number of hydrogen-bond acceptors (Lipinski definition) is 6. The molecule has 1 amide bonds. The lowest BCUT2D eigenvalue weighted by Crippen LogP contribution is -2.67. The van der Waals surface area contributed by atoms with Gasteiger partial charge in [0.25, 0.3) is 0 Å². The Hall–Kier alpha value is -2.69. The predicted molar refractivity (Wildman–Crippen MR) is 206 cm³/mol. The number of allylic oxidation sites excluding steroid dienone is 4. The Morgan fingerprint density at radius 2 is 1.73 bits per heavy atom. The first-order valence-electron chi connectivity index (χ1n) is 21.5. The van der Waals surface area contributed by atoms with Crippen LogP contribution in [0.1, 0.15) is 128 Å². The number of alkyl halides is 3. The molecule has 4 saturated carbocycles. The lowest BCUT2D eigenvalue weighted by atomic mass is 9.32. The van der Waals surface area contributed by atoms with Crippen LogP contribution in [-0.2, 0) is 15.7 Å². The van der Waals surface area contributed by atoms with Crippen molar-refractivity contribution in [1.29, 1.82) is 0 Å². The molecule has 10 heteroatoms. The fourth-order valence-corrected chi connectivity index (χ4v) is 13.6. The smallest absolute Gasteiger partial charge is 0.416 e. The lowest BCUT2D eigenvalue weighted by Gasteiger charge is -2.71. The van der Waals surface area contributed by atoms with Crippen molar-refractivity contribution in [2.24, 2.45) is 51.2 Å². The predicted octanol–water partition coefficient (Wildman–Crippen LogP) is 9.56. The highest BCUT2D eigenvalue weighted by atomic mass is 19.4. The number of benzene rings is 1. The van der Waals surface area contributed by atoms with E-state index in [-0.39, 0.29) is 47.5 Å². The lowest BCUT2D eigenvalue weighted by molar-refractivity contribution is -0.176. The Kier molecular flexibility index (Phi) is 10.0. The van der Waals surface area contributed by atoms with Crippen LogP contribution in [0.25, 0.3) is 0 Å². The zero-order valence-electron chi connectivity index (χ0n) is 33.9. The van der Waals surface area contributed by atoms with E-state index >= 15 is 0 Å². The molecule has 2 bridgehead atoms. The van der Waals surface area contributed by atoms with E-state index in [2.05, 4.69) is 46.8 Å². The van der Waals surface area contributed by atoms with Crippen molar-refractivity contribution >= 4 is 11.9 Å². The van der Waals surface area contributed by atoms with Crippen LogP contribution < -0.4 is 0 Å². The number of aliphatic hydroxyl groups is 2. The average Bonchev–Trinajstić information content (AvgIpc) is 3.75. The molecule has 0 aromatic heterocycles. The third-order valence-corrected chi connectivity index (χ3v) is 16.8. The molecule has 56 heavy (non-hydrogen) atoms. The molecular weight excluding hydrogens is 720 g/mol. The molecule has 1 heterocycles. The first-order valence-corrected chi connectivity index (χ1v) is 21.5. The van der Waals surface area contributed by atoms with E-state index in [0.29, 0.717) is 69.1 Å². The Morgan fingerprint density at radius 1 is 1.00 bits per heavy atom. The van der Waals surface area contributed by atoms with Gasteiger partial charge in [0.05, 0.1) is 36.5 Å². The van der Waals surface area contributed by atoms with E-state index in [4.69, 9.17) is 9.47 Å². The Labute approximate surface area is 330 Å². The first-order chi connectivity index (χ1) is 26.4. The maximum Gasteiger partial charge on any atom is 0.416 e. The van der Waals surface area contributed by atoms with Crippen LogP contribution in [0.5, 0.6) is 0 Å². The normalized spacial score (nSPS) is 42.8. The largest absolute Gasteiger partial charge is 0.446 e. The summed E-state index contributed by atoms with van der Waals surface area (Å²) in [5, 5.41) is 24.2. The molecule has 7 aliphatic carbocycles. The van der Waals surface area contributed by atoms with Crippen molar-refractivity contribution in [2.45, 2.75) is 142 Å². The van der Waals surface area contributed by atoms with E-state index in [9.17, 15) is 33.0 Å². The summed E-state index contributed by atoms with van der Waals surface area (Å²) in [4.78, 5) is 31.0. The number of halogens is 3. The van der Waals surface area contributed by atoms with Gasteiger partial charge in [0, 0.05) is 34.0 Å². The zero-order chi connectivity index (χ0) is 40.1. The van der Waals surface area contributed by atoms with Crippen molar-refractivity contribution in [3.8, 4) is 0 Å². The van der Waals surface area contributed by atoms with Crippen LogP contribution in [0.4, 0.5) is 18.0 Å². The van der Waals surface area contributed by atoms with Crippen LogP contribution in [0.3, 0.4) is 0 Å². The van der Waals surface area contributed by atoms with Gasteiger partial charge in [0.1, 0.15) is 6.10 Å². The Morgan fingerprint density at radius 3 is 2.45 bits per heavy atom. The molecule has 5 fully saturated rings. The number of carbonyl (C=O) groups excluding carboxylic acids is 2. The van der Waals surface area contributed by atoms with Crippen molar-refractivity contribution in [3.05, 3.63) is 59.2 Å². The van der Waals surface area contributed by atoms with Crippen molar-refractivity contribution in [1.82, 2.24) is 4.90 Å². The van der Waals surface area contributed by atoms with E-state index in [1.165, 1.54) is 12.1 Å². The molecule has 2 spiro atoms. The summed E-state index contributed by atoms with van der Waals surface area (Å²) >= 11 is 0. The number of ether oxygens (including phenoxy) is 2. The maximum atomic E-state index is 14.9. The number of rotatable bonds is 8. The summed E-state index contributed by atoms with van der Waals surface area (Å²) in [5.74, 6) is 0.434. The Balaban J connectivity index is 1.16. The summed E-state index contributed by atoms with van der Waals surface area (Å²) < 4.78 is 54.4. The molecule has 1 aliphatic heterocycles. The average molecular weight is 782 g/mol. The number of carbonyl (C=O) groups is 2. The zero-order valence-corrected chi connectivity index (χ0v) is 33.9. The van der Waals surface area contributed by atoms with Gasteiger partial charge in [0.15, 0.2) is 5.78 Å². The molecule has 1 aromatic carbocycles. The quantitative estimate of drug-likeness (QED) is 0.202. The molecule has 8 aliphatic rings. The summed E-state index contributed by atoms with van der Waals surface area (Å²) in [7, 11) is 0. The molecular formula is C46H62F3NO6. The van der Waals surface area contributed by atoms with E-state index in [1.54, 1.807) is 4.90 Å². The van der Waals surface area contributed by atoms with Gasteiger partial charge in [-0.3, -0.25) is 4.79 Å². The van der Waals surface area contributed by atoms with Gasteiger partial charge in [-0.2, -0.15) is 13.2 Å². The van der Waals surface area contributed by atoms with E-state index in [0.717, 1.165) is 50.7 Å². The second kappa shape index (κ2) is 14.0. The van der Waals surface area contributed by atoms with Crippen molar-refractivity contribution < 1.29 is 42.4 Å². The van der Waals surface area contributed by atoms with Crippen molar-refractivity contribution in [3.63, 3.8) is 0 Å². The molecule has 1 saturated heterocycles. The topological polar surface area (TPSA) is 96.3 Å². The van der Waals surface area contributed by atoms with Gasteiger partial charge < -0.3 is 24.6 Å². The van der Waals surface area contributed by atoms with Gasteiger partial charge in [-0.15, -0.1) is 0 Å². The summed E-state index contributed by atoms with van der Waals surface area (Å²) in [6.07, 6.45) is 9.38. The number of nitrogens with zero attached hydrogens (tertiary/aromatic N) is 1. The van der Waals surface area contributed by atoms with Crippen LogP contribution in [0.2, 0.25) is 0 Å². The summed E-state index contributed by atoms with van der Waals surface area (Å²) in [6, 6.07) is 4.73. The van der Waals surface area contributed by atoms with Crippen LogP contribution in [0.15, 0.2) is 48.1 Å². The monoisotopic (exact) mass is 781 g/mol. The Bertz CT molecular complexity index is 1770. The summed E-state index contributed by atoms with van der Waals surface area (Å²) in [6.45, 7) is 12.0. The minimum Gasteiger partial charge on any atom is -0.446 e. The minimum atomic E-state index is -4.60. The fraction of sp³-hybridized carbons (Fsp3) is 0.739. The number of hydrogen-bond donors (Lipinski definition) is 2. The number of ketones is 1. The molecule has 2 N–H and O–H groups in total. The van der Waals surface area contributed by atoms with Crippen LogP contribution >= 0.6 is 0 Å². The molecule has 9 rings (SSSR count). The SMILES string of the molecule is CC(C)[C@H]1CC[C@H](C)C[C@@H]1OC(=O)N(C[C@H]1CCCO1)C[C@]1(O)CC[C@H]2[C@]34C=C[C@@]5(C=C3C(=O)c3cccc(C(F)(F)F)c3)CC(O)CC[C@]5(C)[C@H]4CC[C@@]21C. The number of fused-ring (bicyclic) bond motifs is 1. The molecule has 7 nitrogen and oxygen atoms in total. The molecule has 12 atom stereocenters. The maximum absolute atomic E-state index is 14.9. The van der Waals surface area contributed by atoms with E-state index < -0.39 is 51.6 Å². The molecule has 1 aromatic rings. The van der Waals surface area contributed by atoms with Crippen LogP contribution in [0, 0.1) is 51.2 Å².